The molecule has 0 radical (unpaired) electrons. The molecule has 0 spiro atoms. The SMILES string of the molecule is COCCOc1cc(C(=O)OC)cc(C(OCCNC(=O)OC)c2cccc(F)c2)c1. The molecule has 0 saturated heterocycles. The number of hydrogen-bond acceptors (Lipinski definition) is 7. The summed E-state index contributed by atoms with van der Waals surface area (Å²) in [5.74, 6) is -0.573. The summed E-state index contributed by atoms with van der Waals surface area (Å²) in [7, 11) is 4.09. The Balaban J connectivity index is 2.36. The molecule has 2 rings (SSSR count). The molecule has 1 N–H and O–H groups in total. The predicted molar refractivity (Wildman–Crippen MR) is 110 cm³/mol. The van der Waals surface area contributed by atoms with E-state index in [-0.39, 0.29) is 25.3 Å². The van der Waals surface area contributed by atoms with Crippen molar-refractivity contribution in [3.8, 4) is 5.75 Å². The average Bonchev–Trinajstić information content (AvgIpc) is 2.78. The van der Waals surface area contributed by atoms with E-state index in [9.17, 15) is 14.0 Å². The second kappa shape index (κ2) is 12.5. The fourth-order valence-corrected chi connectivity index (χ4v) is 2.79. The molecule has 0 aromatic heterocycles. The largest absolute Gasteiger partial charge is 0.491 e. The molecule has 2 aromatic carbocycles. The Labute approximate surface area is 180 Å². The van der Waals surface area contributed by atoms with Gasteiger partial charge in [0.1, 0.15) is 24.3 Å². The molecular formula is C22H26FNO7. The Bertz CT molecular complexity index is 875. The zero-order chi connectivity index (χ0) is 22.6. The van der Waals surface area contributed by atoms with Crippen LogP contribution in [-0.4, -0.2) is 59.8 Å². The molecule has 1 unspecified atom stereocenters. The third-order valence-corrected chi connectivity index (χ3v) is 4.20. The van der Waals surface area contributed by atoms with Gasteiger partial charge in [0.05, 0.1) is 33.0 Å². The van der Waals surface area contributed by atoms with Crippen LogP contribution >= 0.6 is 0 Å². The summed E-state index contributed by atoms with van der Waals surface area (Å²) >= 11 is 0. The fraction of sp³-hybridized carbons (Fsp3) is 0.364. The molecule has 8 nitrogen and oxygen atoms in total. The third kappa shape index (κ3) is 7.54. The molecule has 9 heteroatoms. The maximum atomic E-state index is 13.9. The Kier molecular flexibility index (Phi) is 9.73. The first-order valence-corrected chi connectivity index (χ1v) is 9.52. The Morgan fingerprint density at radius 2 is 1.77 bits per heavy atom. The predicted octanol–water partition coefficient (Wildman–Crippen LogP) is 3.10. The minimum absolute atomic E-state index is 0.110. The summed E-state index contributed by atoms with van der Waals surface area (Å²) in [6.07, 6.45) is -1.32. The highest BCUT2D eigenvalue weighted by Gasteiger charge is 2.20. The molecule has 0 aliphatic heterocycles. The number of hydrogen-bond donors (Lipinski definition) is 1. The van der Waals surface area contributed by atoms with Crippen LogP contribution in [0.15, 0.2) is 42.5 Å². The van der Waals surface area contributed by atoms with E-state index in [2.05, 4.69) is 10.1 Å². The fourth-order valence-electron chi connectivity index (χ4n) is 2.79. The van der Waals surface area contributed by atoms with Gasteiger partial charge in [0, 0.05) is 13.7 Å². The first-order chi connectivity index (χ1) is 15.0. The van der Waals surface area contributed by atoms with Gasteiger partial charge < -0.3 is 29.0 Å². The van der Waals surface area contributed by atoms with Crippen molar-refractivity contribution in [2.75, 3.05) is 47.7 Å². The lowest BCUT2D eigenvalue weighted by molar-refractivity contribution is 0.0597. The second-order valence-electron chi connectivity index (χ2n) is 6.35. The number of nitrogens with one attached hydrogen (secondary N) is 1. The van der Waals surface area contributed by atoms with Gasteiger partial charge in [-0.05, 0) is 41.5 Å². The van der Waals surface area contributed by atoms with Gasteiger partial charge in [0.2, 0.25) is 0 Å². The van der Waals surface area contributed by atoms with Crippen molar-refractivity contribution in [3.63, 3.8) is 0 Å². The first kappa shape index (κ1) is 24.1. The number of benzene rings is 2. The minimum atomic E-state index is -0.732. The van der Waals surface area contributed by atoms with Gasteiger partial charge in [0.15, 0.2) is 0 Å². The molecular weight excluding hydrogens is 409 g/mol. The van der Waals surface area contributed by atoms with E-state index < -0.39 is 24.0 Å². The van der Waals surface area contributed by atoms with Gasteiger partial charge in [-0.1, -0.05) is 12.1 Å². The van der Waals surface area contributed by atoms with Crippen molar-refractivity contribution in [2.45, 2.75) is 6.10 Å². The van der Waals surface area contributed by atoms with Crippen LogP contribution in [0.25, 0.3) is 0 Å². The molecule has 1 atom stereocenters. The molecule has 168 valence electrons. The van der Waals surface area contributed by atoms with Crippen molar-refractivity contribution in [1.29, 1.82) is 0 Å². The van der Waals surface area contributed by atoms with Crippen molar-refractivity contribution >= 4 is 12.1 Å². The zero-order valence-corrected chi connectivity index (χ0v) is 17.7. The van der Waals surface area contributed by atoms with Crippen LogP contribution in [-0.2, 0) is 18.9 Å². The van der Waals surface area contributed by atoms with E-state index in [1.165, 1.54) is 26.4 Å². The van der Waals surface area contributed by atoms with Crippen molar-refractivity contribution in [1.82, 2.24) is 5.32 Å². The molecule has 0 heterocycles. The van der Waals surface area contributed by atoms with E-state index in [4.69, 9.17) is 18.9 Å². The van der Waals surface area contributed by atoms with E-state index in [0.29, 0.717) is 23.5 Å². The van der Waals surface area contributed by atoms with Gasteiger partial charge in [-0.2, -0.15) is 0 Å². The summed E-state index contributed by atoms with van der Waals surface area (Å²) < 4.78 is 39.8. The highest BCUT2D eigenvalue weighted by atomic mass is 19.1. The van der Waals surface area contributed by atoms with Crippen LogP contribution in [0.2, 0.25) is 0 Å². The number of esters is 1. The number of carbonyl (C=O) groups excluding carboxylic acids is 2. The highest BCUT2D eigenvalue weighted by molar-refractivity contribution is 5.90. The number of amides is 1. The van der Waals surface area contributed by atoms with Crippen LogP contribution in [0.5, 0.6) is 5.75 Å². The van der Waals surface area contributed by atoms with Gasteiger partial charge in [0.25, 0.3) is 0 Å². The molecule has 0 fully saturated rings. The van der Waals surface area contributed by atoms with Crippen molar-refractivity contribution < 1.29 is 37.7 Å². The van der Waals surface area contributed by atoms with Gasteiger partial charge in [-0.15, -0.1) is 0 Å². The van der Waals surface area contributed by atoms with Crippen LogP contribution in [0, 0.1) is 5.82 Å². The standard InChI is InChI=1S/C22H26FNO7/c1-27-9-10-30-19-13-16(11-17(14-19)21(25)28-2)20(15-5-4-6-18(23)12-15)31-8-7-24-22(26)29-3/h4-6,11-14,20H,7-10H2,1-3H3,(H,24,26). The summed E-state index contributed by atoms with van der Waals surface area (Å²) in [6.45, 7) is 0.918. The van der Waals surface area contributed by atoms with Gasteiger partial charge >= 0.3 is 12.1 Å². The molecule has 0 saturated carbocycles. The van der Waals surface area contributed by atoms with E-state index in [1.54, 1.807) is 37.4 Å². The quantitative estimate of drug-likeness (QED) is 0.428. The van der Waals surface area contributed by atoms with Crippen LogP contribution in [0.3, 0.4) is 0 Å². The van der Waals surface area contributed by atoms with E-state index in [1.807, 2.05) is 0 Å². The molecule has 0 aliphatic rings. The number of ether oxygens (including phenoxy) is 5. The lowest BCUT2D eigenvalue weighted by Crippen LogP contribution is -2.27. The third-order valence-electron chi connectivity index (χ3n) is 4.20. The number of rotatable bonds is 11. The summed E-state index contributed by atoms with van der Waals surface area (Å²) in [4.78, 5) is 23.4. The zero-order valence-electron chi connectivity index (χ0n) is 17.7. The molecule has 2 aromatic rings. The maximum absolute atomic E-state index is 13.9. The number of methoxy groups -OCH3 is 3. The summed E-state index contributed by atoms with van der Waals surface area (Å²) in [6, 6.07) is 10.8. The Hall–Kier alpha value is -3.17. The highest BCUT2D eigenvalue weighted by Crippen LogP contribution is 2.30. The van der Waals surface area contributed by atoms with Crippen LogP contribution in [0.1, 0.15) is 27.6 Å². The van der Waals surface area contributed by atoms with Gasteiger partial charge in [-0.25, -0.2) is 14.0 Å². The molecule has 31 heavy (non-hydrogen) atoms. The van der Waals surface area contributed by atoms with Crippen molar-refractivity contribution in [3.05, 3.63) is 65.0 Å². The molecule has 1 amide bonds. The number of carbonyl (C=O) groups is 2. The minimum Gasteiger partial charge on any atom is -0.491 e. The monoisotopic (exact) mass is 435 g/mol. The molecule has 0 bridgehead atoms. The van der Waals surface area contributed by atoms with Crippen molar-refractivity contribution in [2.24, 2.45) is 0 Å². The number of alkyl carbamates (subject to hydrolysis) is 1. The maximum Gasteiger partial charge on any atom is 0.406 e. The van der Waals surface area contributed by atoms with Gasteiger partial charge in [-0.3, -0.25) is 0 Å². The second-order valence-corrected chi connectivity index (χ2v) is 6.35. The Morgan fingerprint density at radius 1 is 0.968 bits per heavy atom. The summed E-state index contributed by atoms with van der Waals surface area (Å²) in [5, 5.41) is 2.51. The van der Waals surface area contributed by atoms with Crippen LogP contribution < -0.4 is 10.1 Å². The topological polar surface area (TPSA) is 92.3 Å². The smallest absolute Gasteiger partial charge is 0.406 e. The normalized spacial score (nSPS) is 11.5. The first-order valence-electron chi connectivity index (χ1n) is 9.52. The lowest BCUT2D eigenvalue weighted by Gasteiger charge is -2.21. The Morgan fingerprint density at radius 3 is 2.45 bits per heavy atom. The molecule has 0 aliphatic carbocycles. The lowest BCUT2D eigenvalue weighted by atomic mass is 9.98. The summed E-state index contributed by atoms with van der Waals surface area (Å²) in [5.41, 5.74) is 1.34. The van der Waals surface area contributed by atoms with Crippen LogP contribution in [0.4, 0.5) is 9.18 Å². The van der Waals surface area contributed by atoms with E-state index in [0.717, 1.165) is 0 Å². The van der Waals surface area contributed by atoms with E-state index >= 15 is 0 Å². The average molecular weight is 435 g/mol. The number of halogens is 1.